The van der Waals surface area contributed by atoms with Crippen molar-refractivity contribution in [3.05, 3.63) is 35.9 Å². The molecule has 0 aromatic heterocycles. The first-order valence-corrected chi connectivity index (χ1v) is 3.03. The standard InChI is InChI=1S/C7H5ClO2/c8-10-7(9)6-4-2-1-3-5-6/h1-5H. The Labute approximate surface area is 63.5 Å². The van der Waals surface area contributed by atoms with Gasteiger partial charge in [-0.2, -0.15) is 0 Å². The van der Waals surface area contributed by atoms with E-state index in [1.54, 1.807) is 24.3 Å². The summed E-state index contributed by atoms with van der Waals surface area (Å²) < 4.78 is 3.97. The lowest BCUT2D eigenvalue weighted by atomic mass is 10.2. The highest BCUT2D eigenvalue weighted by Crippen LogP contribution is 2.01. The molecule has 2 nitrogen and oxygen atoms in total. The van der Waals surface area contributed by atoms with Crippen molar-refractivity contribution >= 4 is 17.8 Å². The van der Waals surface area contributed by atoms with E-state index in [1.165, 1.54) is 0 Å². The summed E-state index contributed by atoms with van der Waals surface area (Å²) in [7, 11) is 0. The van der Waals surface area contributed by atoms with Crippen LogP contribution in [0.15, 0.2) is 30.3 Å². The van der Waals surface area contributed by atoms with Crippen molar-refractivity contribution in [1.82, 2.24) is 0 Å². The van der Waals surface area contributed by atoms with Crippen LogP contribution in [0.2, 0.25) is 0 Å². The largest absolute Gasteiger partial charge is 0.356 e. The van der Waals surface area contributed by atoms with E-state index < -0.39 is 5.97 Å². The van der Waals surface area contributed by atoms with Crippen LogP contribution in [-0.2, 0) is 4.29 Å². The van der Waals surface area contributed by atoms with E-state index in [0.29, 0.717) is 5.56 Å². The molecule has 0 N–H and O–H groups in total. The third kappa shape index (κ3) is 1.48. The lowest BCUT2D eigenvalue weighted by molar-refractivity contribution is 0.0751. The molecule has 0 aliphatic carbocycles. The fourth-order valence-corrected chi connectivity index (χ4v) is 0.708. The highest BCUT2D eigenvalue weighted by Gasteiger charge is 2.02. The number of carbonyl (C=O) groups is 1. The molecule has 0 spiro atoms. The van der Waals surface area contributed by atoms with Crippen LogP contribution in [0.3, 0.4) is 0 Å². The van der Waals surface area contributed by atoms with E-state index in [1.807, 2.05) is 6.07 Å². The van der Waals surface area contributed by atoms with Gasteiger partial charge in [0.1, 0.15) is 11.9 Å². The normalized spacial score (nSPS) is 8.90. The lowest BCUT2D eigenvalue weighted by Crippen LogP contribution is -1.96. The van der Waals surface area contributed by atoms with Gasteiger partial charge in [0, 0.05) is 0 Å². The molecule has 0 atom stereocenters. The highest BCUT2D eigenvalue weighted by molar-refractivity contribution is 6.15. The molecule has 0 aliphatic heterocycles. The van der Waals surface area contributed by atoms with Crippen molar-refractivity contribution in [2.75, 3.05) is 0 Å². The van der Waals surface area contributed by atoms with Crippen molar-refractivity contribution in [2.24, 2.45) is 0 Å². The van der Waals surface area contributed by atoms with Crippen LogP contribution in [0.25, 0.3) is 0 Å². The molecule has 52 valence electrons. The van der Waals surface area contributed by atoms with E-state index >= 15 is 0 Å². The average Bonchev–Trinajstić information content (AvgIpc) is 2.05. The van der Waals surface area contributed by atoms with Gasteiger partial charge in [-0.15, -0.1) is 0 Å². The zero-order valence-electron chi connectivity index (χ0n) is 5.08. The Morgan fingerprint density at radius 3 is 2.40 bits per heavy atom. The predicted octanol–water partition coefficient (Wildman–Crippen LogP) is 2.00. The van der Waals surface area contributed by atoms with E-state index in [2.05, 4.69) is 4.29 Å². The Morgan fingerprint density at radius 1 is 1.30 bits per heavy atom. The van der Waals surface area contributed by atoms with Gasteiger partial charge in [0.05, 0.1) is 5.56 Å². The third-order valence-electron chi connectivity index (χ3n) is 1.08. The molecule has 10 heavy (non-hydrogen) atoms. The van der Waals surface area contributed by atoms with Crippen LogP contribution in [0, 0.1) is 0 Å². The average molecular weight is 157 g/mol. The first-order valence-electron chi connectivity index (χ1n) is 2.72. The molecule has 0 radical (unpaired) electrons. The van der Waals surface area contributed by atoms with Crippen LogP contribution in [-0.4, -0.2) is 5.97 Å². The maximum absolute atomic E-state index is 10.7. The maximum Gasteiger partial charge on any atom is 0.356 e. The Bertz CT molecular complexity index is 220. The summed E-state index contributed by atoms with van der Waals surface area (Å²) >= 11 is 4.84. The number of carbonyl (C=O) groups excluding carboxylic acids is 1. The summed E-state index contributed by atoms with van der Waals surface area (Å²) in [4.78, 5) is 10.7. The molecule has 0 amide bonds. The fourth-order valence-electron chi connectivity index (χ4n) is 0.619. The summed E-state index contributed by atoms with van der Waals surface area (Å²) in [5.74, 6) is -0.526. The second kappa shape index (κ2) is 3.22. The number of hydrogen-bond acceptors (Lipinski definition) is 2. The van der Waals surface area contributed by atoms with E-state index in [9.17, 15) is 4.79 Å². The van der Waals surface area contributed by atoms with Crippen LogP contribution in [0.4, 0.5) is 0 Å². The molecule has 0 saturated heterocycles. The molecule has 0 aliphatic rings. The van der Waals surface area contributed by atoms with Crippen molar-refractivity contribution in [3.8, 4) is 0 Å². The van der Waals surface area contributed by atoms with Crippen LogP contribution in [0.1, 0.15) is 10.4 Å². The molecule has 1 rings (SSSR count). The zero-order valence-corrected chi connectivity index (χ0v) is 5.84. The predicted molar refractivity (Wildman–Crippen MR) is 37.7 cm³/mol. The summed E-state index contributed by atoms with van der Waals surface area (Å²) in [5.41, 5.74) is 0.456. The molecule has 0 bridgehead atoms. The van der Waals surface area contributed by atoms with Crippen molar-refractivity contribution in [1.29, 1.82) is 0 Å². The first kappa shape index (κ1) is 7.09. The summed E-state index contributed by atoms with van der Waals surface area (Å²) in [6, 6.07) is 8.55. The van der Waals surface area contributed by atoms with Gasteiger partial charge in [-0.1, -0.05) is 18.2 Å². The summed E-state index contributed by atoms with van der Waals surface area (Å²) in [6.07, 6.45) is 0. The molecule has 3 heteroatoms. The van der Waals surface area contributed by atoms with Crippen LogP contribution in [0.5, 0.6) is 0 Å². The lowest BCUT2D eigenvalue weighted by Gasteiger charge is -1.92. The Hall–Kier alpha value is -1.02. The second-order valence-corrected chi connectivity index (χ2v) is 1.88. The fraction of sp³-hybridized carbons (Fsp3) is 0. The van der Waals surface area contributed by atoms with Crippen LogP contribution < -0.4 is 0 Å². The van der Waals surface area contributed by atoms with Gasteiger partial charge in [0.15, 0.2) is 0 Å². The molecule has 0 saturated carbocycles. The van der Waals surface area contributed by atoms with Crippen molar-refractivity contribution in [3.63, 3.8) is 0 Å². The molecular weight excluding hydrogens is 152 g/mol. The SMILES string of the molecule is O=C(OCl)c1ccccc1. The van der Waals surface area contributed by atoms with Crippen molar-refractivity contribution in [2.45, 2.75) is 0 Å². The van der Waals surface area contributed by atoms with Gasteiger partial charge in [-0.3, -0.25) is 0 Å². The van der Waals surface area contributed by atoms with Crippen LogP contribution >= 0.6 is 11.9 Å². The van der Waals surface area contributed by atoms with Gasteiger partial charge in [0.2, 0.25) is 0 Å². The number of rotatable bonds is 1. The molecule has 0 fully saturated rings. The van der Waals surface area contributed by atoms with E-state index in [4.69, 9.17) is 11.9 Å². The minimum Gasteiger partial charge on any atom is -0.343 e. The number of halogens is 1. The monoisotopic (exact) mass is 156 g/mol. The van der Waals surface area contributed by atoms with Gasteiger partial charge >= 0.3 is 5.97 Å². The highest BCUT2D eigenvalue weighted by atomic mass is 35.5. The minimum atomic E-state index is -0.526. The minimum absolute atomic E-state index is 0.456. The van der Waals surface area contributed by atoms with E-state index in [-0.39, 0.29) is 0 Å². The Kier molecular flexibility index (Phi) is 2.29. The molecular formula is C7H5ClO2. The number of hydrogen-bond donors (Lipinski definition) is 0. The maximum atomic E-state index is 10.7. The van der Waals surface area contributed by atoms with Gasteiger partial charge in [-0.05, 0) is 12.1 Å². The smallest absolute Gasteiger partial charge is 0.343 e. The zero-order chi connectivity index (χ0) is 7.40. The van der Waals surface area contributed by atoms with E-state index in [0.717, 1.165) is 0 Å². The number of benzene rings is 1. The third-order valence-corrected chi connectivity index (χ3v) is 1.22. The molecule has 0 heterocycles. The second-order valence-electron chi connectivity index (χ2n) is 1.73. The summed E-state index contributed by atoms with van der Waals surface area (Å²) in [5, 5.41) is 0. The molecule has 1 aromatic rings. The Morgan fingerprint density at radius 2 is 1.90 bits per heavy atom. The Balaban J connectivity index is 2.85. The van der Waals surface area contributed by atoms with Crippen molar-refractivity contribution < 1.29 is 9.08 Å². The molecule has 0 unspecified atom stereocenters. The first-order chi connectivity index (χ1) is 4.84. The van der Waals surface area contributed by atoms with Gasteiger partial charge in [0.25, 0.3) is 0 Å². The summed E-state index contributed by atoms with van der Waals surface area (Å²) in [6.45, 7) is 0. The topological polar surface area (TPSA) is 26.3 Å². The van der Waals surface area contributed by atoms with Gasteiger partial charge in [-0.25, -0.2) is 4.79 Å². The van der Waals surface area contributed by atoms with Gasteiger partial charge < -0.3 is 4.29 Å². The molecule has 1 aromatic carbocycles. The quantitative estimate of drug-likeness (QED) is 0.622.